The van der Waals surface area contributed by atoms with Gasteiger partial charge in [0.2, 0.25) is 6.41 Å². The molecule has 0 aromatic heterocycles. The highest BCUT2D eigenvalue weighted by Gasteiger charge is 2.28. The average Bonchev–Trinajstić information content (AvgIpc) is 2.35. The van der Waals surface area contributed by atoms with Gasteiger partial charge >= 0.3 is 5.97 Å². The van der Waals surface area contributed by atoms with E-state index in [-0.39, 0.29) is 6.29 Å². The predicted molar refractivity (Wildman–Crippen MR) is 73.0 cm³/mol. The molecular formula is C12H12INO4. The lowest BCUT2D eigenvalue weighted by Crippen LogP contribution is -2.43. The van der Waals surface area contributed by atoms with E-state index in [1.54, 1.807) is 19.1 Å². The van der Waals surface area contributed by atoms with Crippen LogP contribution >= 0.6 is 22.6 Å². The molecule has 0 bridgehead atoms. The van der Waals surface area contributed by atoms with Crippen LogP contribution in [0.4, 0.5) is 0 Å². The van der Waals surface area contributed by atoms with Gasteiger partial charge in [-0.3, -0.25) is 4.79 Å². The first-order valence-corrected chi connectivity index (χ1v) is 6.25. The second kappa shape index (κ2) is 6.48. The molecule has 0 spiro atoms. The molecule has 0 saturated heterocycles. The summed E-state index contributed by atoms with van der Waals surface area (Å²) in [7, 11) is 0. The van der Waals surface area contributed by atoms with Gasteiger partial charge in [-0.2, -0.15) is 0 Å². The molecule has 0 radical (unpaired) electrons. The summed E-state index contributed by atoms with van der Waals surface area (Å²) in [5.41, 5.74) is 0.774. The maximum Gasteiger partial charge on any atom is 0.333 e. The van der Waals surface area contributed by atoms with Crippen LogP contribution in [0.1, 0.15) is 18.5 Å². The topological polar surface area (TPSA) is 74.7 Å². The number of aliphatic carboxylic acids is 1. The Morgan fingerprint density at radius 2 is 1.89 bits per heavy atom. The molecule has 1 aromatic rings. The van der Waals surface area contributed by atoms with Crippen LogP contribution in [-0.2, 0) is 14.4 Å². The maximum atomic E-state index is 11.0. The molecule has 6 heteroatoms. The third kappa shape index (κ3) is 3.28. The van der Waals surface area contributed by atoms with Crippen LogP contribution in [0, 0.1) is 3.57 Å². The minimum atomic E-state index is -1.46. The molecule has 0 fully saturated rings. The van der Waals surface area contributed by atoms with Gasteiger partial charge in [-0.15, -0.1) is 0 Å². The smallest absolute Gasteiger partial charge is 0.333 e. The Labute approximate surface area is 118 Å². The van der Waals surface area contributed by atoms with Crippen molar-refractivity contribution in [2.24, 2.45) is 0 Å². The number of carbonyl (C=O) groups is 3. The monoisotopic (exact) mass is 361 g/mol. The molecule has 0 aliphatic heterocycles. The van der Waals surface area contributed by atoms with Crippen molar-refractivity contribution in [3.63, 3.8) is 0 Å². The third-order valence-corrected chi connectivity index (χ3v) is 3.34. The second-order valence-corrected chi connectivity index (χ2v) is 4.94. The van der Waals surface area contributed by atoms with E-state index in [2.05, 4.69) is 22.6 Å². The lowest BCUT2D eigenvalue weighted by Gasteiger charge is -2.28. The van der Waals surface area contributed by atoms with E-state index in [1.807, 2.05) is 12.1 Å². The molecule has 0 saturated carbocycles. The van der Waals surface area contributed by atoms with E-state index >= 15 is 0 Å². The van der Waals surface area contributed by atoms with Crippen molar-refractivity contribution in [1.82, 2.24) is 4.90 Å². The standard InChI is InChI=1S/C12H12INO4/c1-8(9-2-4-10(13)5-3-9)14(7-16)11(6-15)12(17)18/h2-8,11H,1H3,(H,17,18)/t8?,11-/m0/s1. The van der Waals surface area contributed by atoms with Crippen molar-refractivity contribution in [2.75, 3.05) is 0 Å². The zero-order valence-electron chi connectivity index (χ0n) is 9.62. The van der Waals surface area contributed by atoms with Gasteiger partial charge in [0.15, 0.2) is 12.3 Å². The molecular weight excluding hydrogens is 349 g/mol. The van der Waals surface area contributed by atoms with E-state index < -0.39 is 18.1 Å². The predicted octanol–water partition coefficient (Wildman–Crippen LogP) is 1.46. The molecule has 18 heavy (non-hydrogen) atoms. The molecule has 1 rings (SSSR count). The fourth-order valence-corrected chi connectivity index (χ4v) is 1.93. The van der Waals surface area contributed by atoms with Crippen molar-refractivity contribution in [3.05, 3.63) is 33.4 Å². The highest BCUT2D eigenvalue weighted by Crippen LogP contribution is 2.21. The van der Waals surface area contributed by atoms with Crippen molar-refractivity contribution in [2.45, 2.75) is 19.0 Å². The zero-order valence-corrected chi connectivity index (χ0v) is 11.8. The summed E-state index contributed by atoms with van der Waals surface area (Å²) >= 11 is 2.14. The molecule has 96 valence electrons. The molecule has 0 aliphatic carbocycles. The first kappa shape index (κ1) is 14.6. The van der Waals surface area contributed by atoms with E-state index in [0.717, 1.165) is 14.0 Å². The van der Waals surface area contributed by atoms with Gasteiger partial charge in [0.1, 0.15) is 0 Å². The highest BCUT2D eigenvalue weighted by atomic mass is 127. The molecule has 0 heterocycles. The number of amides is 1. The first-order valence-electron chi connectivity index (χ1n) is 5.17. The number of hydrogen-bond acceptors (Lipinski definition) is 3. The molecule has 1 N–H and O–H groups in total. The summed E-state index contributed by atoms with van der Waals surface area (Å²) in [6, 6.07) is 5.36. The van der Waals surface area contributed by atoms with Gasteiger partial charge in [0.05, 0.1) is 6.04 Å². The van der Waals surface area contributed by atoms with Crippen LogP contribution < -0.4 is 0 Å². The van der Waals surface area contributed by atoms with Gasteiger partial charge in [-0.1, -0.05) is 12.1 Å². The van der Waals surface area contributed by atoms with E-state index in [9.17, 15) is 14.4 Å². The number of carboxylic acids is 1. The Bertz CT molecular complexity index is 446. The maximum absolute atomic E-state index is 11.0. The summed E-state index contributed by atoms with van der Waals surface area (Å²) < 4.78 is 1.03. The highest BCUT2D eigenvalue weighted by molar-refractivity contribution is 14.1. The van der Waals surface area contributed by atoms with Crippen LogP contribution in [0.2, 0.25) is 0 Å². The largest absolute Gasteiger partial charge is 0.479 e. The van der Waals surface area contributed by atoms with Gasteiger partial charge in [-0.05, 0) is 47.2 Å². The molecule has 0 aliphatic rings. The van der Waals surface area contributed by atoms with Gasteiger partial charge in [0, 0.05) is 3.57 Å². The summed E-state index contributed by atoms with van der Waals surface area (Å²) in [5, 5.41) is 8.88. The number of benzene rings is 1. The summed E-state index contributed by atoms with van der Waals surface area (Å²) in [6.07, 6.45) is 0.635. The Morgan fingerprint density at radius 3 is 2.28 bits per heavy atom. The lowest BCUT2D eigenvalue weighted by molar-refractivity contribution is -0.149. The molecule has 1 aromatic carbocycles. The first-order chi connectivity index (χ1) is 8.51. The number of hydrogen-bond donors (Lipinski definition) is 1. The van der Waals surface area contributed by atoms with Crippen LogP contribution in [0.5, 0.6) is 0 Å². The quantitative estimate of drug-likeness (QED) is 0.473. The zero-order chi connectivity index (χ0) is 13.7. The van der Waals surface area contributed by atoms with Crippen molar-refractivity contribution in [3.8, 4) is 0 Å². The van der Waals surface area contributed by atoms with Gasteiger partial charge in [0.25, 0.3) is 0 Å². The Kier molecular flexibility index (Phi) is 5.26. The Balaban J connectivity index is 3.01. The van der Waals surface area contributed by atoms with Crippen molar-refractivity contribution in [1.29, 1.82) is 0 Å². The van der Waals surface area contributed by atoms with Crippen molar-refractivity contribution >= 4 is 41.3 Å². The van der Waals surface area contributed by atoms with Crippen LogP contribution in [-0.4, -0.2) is 34.7 Å². The minimum absolute atomic E-state index is 0.250. The lowest BCUT2D eigenvalue weighted by atomic mass is 10.1. The Morgan fingerprint density at radius 1 is 1.33 bits per heavy atom. The molecule has 5 nitrogen and oxygen atoms in total. The van der Waals surface area contributed by atoms with E-state index in [4.69, 9.17) is 5.11 Å². The summed E-state index contributed by atoms with van der Waals surface area (Å²) in [6.45, 7) is 1.68. The SMILES string of the molecule is CC(c1ccc(I)cc1)N(C=O)[C@@H](C=O)C(=O)O. The second-order valence-electron chi connectivity index (χ2n) is 3.70. The Hall–Kier alpha value is -1.44. The fraction of sp³-hybridized carbons (Fsp3) is 0.250. The van der Waals surface area contributed by atoms with Gasteiger partial charge < -0.3 is 14.8 Å². The van der Waals surface area contributed by atoms with E-state index in [0.29, 0.717) is 6.41 Å². The van der Waals surface area contributed by atoms with Gasteiger partial charge in [-0.25, -0.2) is 4.79 Å². The van der Waals surface area contributed by atoms with Crippen molar-refractivity contribution < 1.29 is 19.5 Å². The number of carbonyl (C=O) groups excluding carboxylic acids is 2. The molecule has 1 unspecified atom stereocenters. The summed E-state index contributed by atoms with van der Waals surface area (Å²) in [4.78, 5) is 33.6. The third-order valence-electron chi connectivity index (χ3n) is 2.62. The van der Waals surface area contributed by atoms with Crippen LogP contribution in [0.25, 0.3) is 0 Å². The average molecular weight is 361 g/mol. The number of nitrogens with zero attached hydrogens (tertiary/aromatic N) is 1. The number of halogens is 1. The van der Waals surface area contributed by atoms with Crippen LogP contribution in [0.3, 0.4) is 0 Å². The van der Waals surface area contributed by atoms with E-state index in [1.165, 1.54) is 0 Å². The molecule has 2 atom stereocenters. The number of rotatable bonds is 6. The minimum Gasteiger partial charge on any atom is -0.479 e. The number of aldehydes is 1. The number of carboxylic acid groups (broad SMARTS) is 1. The normalized spacial score (nSPS) is 13.4. The fourth-order valence-electron chi connectivity index (χ4n) is 1.57. The van der Waals surface area contributed by atoms with Crippen LogP contribution in [0.15, 0.2) is 24.3 Å². The molecule has 1 amide bonds. The summed E-state index contributed by atoms with van der Waals surface area (Å²) in [5.74, 6) is -1.34.